The minimum atomic E-state index is 0.489. The monoisotopic (exact) mass is 207 g/mol. The van der Waals surface area contributed by atoms with E-state index < -0.39 is 0 Å². The molecule has 0 radical (unpaired) electrons. The van der Waals surface area contributed by atoms with Gasteiger partial charge in [0.15, 0.2) is 0 Å². The van der Waals surface area contributed by atoms with Crippen molar-refractivity contribution in [1.29, 1.82) is 0 Å². The van der Waals surface area contributed by atoms with Crippen LogP contribution in [0.3, 0.4) is 0 Å². The van der Waals surface area contributed by atoms with Crippen molar-refractivity contribution >= 4 is 11.3 Å². The first kappa shape index (κ1) is 9.94. The molecule has 2 atom stereocenters. The average molecular weight is 207 g/mol. The molecule has 0 bridgehead atoms. The molecule has 0 saturated carbocycles. The van der Waals surface area contributed by atoms with Gasteiger partial charge in [-0.2, -0.15) is 0 Å². The Morgan fingerprint density at radius 1 is 1.57 bits per heavy atom. The molecule has 0 saturated heterocycles. The van der Waals surface area contributed by atoms with E-state index in [1.807, 2.05) is 11.3 Å². The molecule has 2 heteroatoms. The lowest BCUT2D eigenvalue weighted by atomic mass is 10.0. The molecule has 2 rings (SSSR count). The molecule has 0 aliphatic heterocycles. The van der Waals surface area contributed by atoms with Crippen LogP contribution in [0.2, 0.25) is 0 Å². The zero-order chi connectivity index (χ0) is 9.80. The van der Waals surface area contributed by atoms with Crippen LogP contribution in [0.15, 0.2) is 29.7 Å². The maximum atomic E-state index is 3.64. The highest BCUT2D eigenvalue weighted by atomic mass is 32.1. The van der Waals surface area contributed by atoms with E-state index in [4.69, 9.17) is 0 Å². The second-order valence-electron chi connectivity index (χ2n) is 3.87. The van der Waals surface area contributed by atoms with Crippen LogP contribution < -0.4 is 5.32 Å². The van der Waals surface area contributed by atoms with Gasteiger partial charge in [0.2, 0.25) is 0 Å². The highest BCUT2D eigenvalue weighted by molar-refractivity contribution is 7.10. The first-order valence-electron chi connectivity index (χ1n) is 5.32. The number of hydrogen-bond acceptors (Lipinski definition) is 2. The van der Waals surface area contributed by atoms with Crippen molar-refractivity contribution in [3.8, 4) is 0 Å². The molecule has 0 fully saturated rings. The van der Waals surface area contributed by atoms with Crippen LogP contribution >= 0.6 is 11.3 Å². The molecule has 1 heterocycles. The summed E-state index contributed by atoms with van der Waals surface area (Å²) in [6.07, 6.45) is 8.47. The highest BCUT2D eigenvalue weighted by Gasteiger charge is 2.12. The molecule has 14 heavy (non-hydrogen) atoms. The van der Waals surface area contributed by atoms with Gasteiger partial charge >= 0.3 is 0 Å². The smallest absolute Gasteiger partial charge is 0.0390 e. The van der Waals surface area contributed by atoms with Crippen LogP contribution in [0.5, 0.6) is 0 Å². The summed E-state index contributed by atoms with van der Waals surface area (Å²) in [5.74, 6) is 0. The van der Waals surface area contributed by atoms with E-state index in [2.05, 4.69) is 41.9 Å². The maximum absolute atomic E-state index is 3.64. The predicted octanol–water partition coefficient (Wildman–Crippen LogP) is 3.51. The molecule has 1 aromatic rings. The number of rotatable bonds is 3. The lowest BCUT2D eigenvalue weighted by Gasteiger charge is -2.22. The largest absolute Gasteiger partial charge is 0.303 e. The predicted molar refractivity (Wildman–Crippen MR) is 62.6 cm³/mol. The first-order valence-corrected chi connectivity index (χ1v) is 6.20. The van der Waals surface area contributed by atoms with Crippen LogP contribution in [0.1, 0.15) is 37.1 Å². The molecule has 1 nitrogen and oxygen atoms in total. The van der Waals surface area contributed by atoms with Gasteiger partial charge < -0.3 is 5.32 Å². The van der Waals surface area contributed by atoms with Gasteiger partial charge in [-0.25, -0.2) is 0 Å². The summed E-state index contributed by atoms with van der Waals surface area (Å²) in [6, 6.07) is 5.40. The molecule has 1 aliphatic carbocycles. The standard InChI is InChI=1S/C12H17NS/c1-10(12-8-5-9-14-12)13-11-6-3-2-4-7-11/h3,5-6,8-11,13H,2,4,7H2,1H3/t10-,11?/m1/s1. The zero-order valence-electron chi connectivity index (χ0n) is 8.57. The van der Waals surface area contributed by atoms with Crippen molar-refractivity contribution in [2.24, 2.45) is 0 Å². The summed E-state index contributed by atoms with van der Waals surface area (Å²) in [4.78, 5) is 1.43. The molecule has 0 spiro atoms. The number of nitrogens with one attached hydrogen (secondary N) is 1. The average Bonchev–Trinajstić information content (AvgIpc) is 2.72. The van der Waals surface area contributed by atoms with Gasteiger partial charge in [0.05, 0.1) is 0 Å². The van der Waals surface area contributed by atoms with Crippen molar-refractivity contribution in [3.05, 3.63) is 34.5 Å². The molecular formula is C12H17NS. The molecule has 0 aromatic carbocycles. The third kappa shape index (κ3) is 2.46. The summed E-state index contributed by atoms with van der Waals surface area (Å²) < 4.78 is 0. The Balaban J connectivity index is 1.91. The molecule has 1 aliphatic rings. The molecule has 1 unspecified atom stereocenters. The minimum absolute atomic E-state index is 0.489. The van der Waals surface area contributed by atoms with Gasteiger partial charge in [-0.05, 0) is 37.6 Å². The van der Waals surface area contributed by atoms with E-state index in [1.54, 1.807) is 0 Å². The third-order valence-electron chi connectivity index (χ3n) is 2.69. The Kier molecular flexibility index (Phi) is 3.38. The lowest BCUT2D eigenvalue weighted by molar-refractivity contribution is 0.471. The second kappa shape index (κ2) is 4.76. The SMILES string of the molecule is C[C@@H](NC1C=CCCC1)c1cccs1. The Labute approximate surface area is 89.8 Å². The summed E-state index contributed by atoms with van der Waals surface area (Å²) in [5, 5.41) is 5.79. The molecule has 1 N–H and O–H groups in total. The fourth-order valence-corrected chi connectivity index (χ4v) is 2.64. The van der Waals surface area contributed by atoms with Gasteiger partial charge in [-0.15, -0.1) is 11.3 Å². The molecular weight excluding hydrogens is 190 g/mol. The summed E-state index contributed by atoms with van der Waals surface area (Å²) in [6.45, 7) is 2.24. The lowest BCUT2D eigenvalue weighted by Crippen LogP contribution is -2.30. The fourth-order valence-electron chi connectivity index (χ4n) is 1.89. The Morgan fingerprint density at radius 3 is 3.14 bits per heavy atom. The van der Waals surface area contributed by atoms with E-state index in [9.17, 15) is 0 Å². The highest BCUT2D eigenvalue weighted by Crippen LogP contribution is 2.20. The van der Waals surface area contributed by atoms with Crippen LogP contribution in [0.4, 0.5) is 0 Å². The van der Waals surface area contributed by atoms with Crippen LogP contribution in [0.25, 0.3) is 0 Å². The van der Waals surface area contributed by atoms with Crippen molar-refractivity contribution in [2.45, 2.75) is 38.3 Å². The van der Waals surface area contributed by atoms with Crippen LogP contribution in [0, 0.1) is 0 Å². The van der Waals surface area contributed by atoms with E-state index >= 15 is 0 Å². The fraction of sp³-hybridized carbons (Fsp3) is 0.500. The minimum Gasteiger partial charge on any atom is -0.303 e. The van der Waals surface area contributed by atoms with Crippen molar-refractivity contribution in [1.82, 2.24) is 5.32 Å². The van der Waals surface area contributed by atoms with Gasteiger partial charge in [0.25, 0.3) is 0 Å². The van der Waals surface area contributed by atoms with Gasteiger partial charge in [0, 0.05) is 17.0 Å². The van der Waals surface area contributed by atoms with Crippen molar-refractivity contribution in [3.63, 3.8) is 0 Å². The van der Waals surface area contributed by atoms with E-state index in [0.717, 1.165) is 0 Å². The van der Waals surface area contributed by atoms with Gasteiger partial charge in [-0.1, -0.05) is 18.2 Å². The molecule has 1 aromatic heterocycles. The maximum Gasteiger partial charge on any atom is 0.0390 e. The first-order chi connectivity index (χ1) is 6.86. The van der Waals surface area contributed by atoms with Crippen molar-refractivity contribution in [2.75, 3.05) is 0 Å². The number of allylic oxidation sites excluding steroid dienone is 1. The second-order valence-corrected chi connectivity index (χ2v) is 4.85. The third-order valence-corrected chi connectivity index (χ3v) is 3.74. The topological polar surface area (TPSA) is 12.0 Å². The number of thiophene rings is 1. The van der Waals surface area contributed by atoms with E-state index in [-0.39, 0.29) is 0 Å². The van der Waals surface area contributed by atoms with Gasteiger partial charge in [0.1, 0.15) is 0 Å². The Bertz CT molecular complexity index is 289. The van der Waals surface area contributed by atoms with Crippen LogP contribution in [-0.2, 0) is 0 Å². The normalized spacial score (nSPS) is 23.6. The zero-order valence-corrected chi connectivity index (χ0v) is 9.39. The van der Waals surface area contributed by atoms with Gasteiger partial charge in [-0.3, -0.25) is 0 Å². The molecule has 0 amide bonds. The Hall–Kier alpha value is -0.600. The quantitative estimate of drug-likeness (QED) is 0.748. The number of hydrogen-bond donors (Lipinski definition) is 1. The van der Waals surface area contributed by atoms with Crippen molar-refractivity contribution < 1.29 is 0 Å². The molecule has 76 valence electrons. The summed E-state index contributed by atoms with van der Waals surface area (Å²) in [5.41, 5.74) is 0. The Morgan fingerprint density at radius 2 is 2.50 bits per heavy atom. The van der Waals surface area contributed by atoms with Crippen LogP contribution in [-0.4, -0.2) is 6.04 Å². The summed E-state index contributed by atoms with van der Waals surface area (Å²) >= 11 is 1.83. The van der Waals surface area contributed by atoms with E-state index in [0.29, 0.717) is 12.1 Å². The summed E-state index contributed by atoms with van der Waals surface area (Å²) in [7, 11) is 0. The van der Waals surface area contributed by atoms with E-state index in [1.165, 1.54) is 24.1 Å².